The Kier molecular flexibility index (Phi) is 4.17. The van der Waals surface area contributed by atoms with Gasteiger partial charge in [-0.15, -0.1) is 0 Å². The Morgan fingerprint density at radius 1 is 1.40 bits per heavy atom. The number of carbonyl (C=O) groups excluding carboxylic acids is 1. The molecule has 0 aliphatic rings. The number of carbonyl (C=O) groups is 1. The van der Waals surface area contributed by atoms with Gasteiger partial charge in [0.15, 0.2) is 0 Å². The van der Waals surface area contributed by atoms with Crippen molar-refractivity contribution in [3.05, 3.63) is 31.8 Å². The van der Waals surface area contributed by atoms with E-state index in [1.165, 1.54) is 0 Å². The monoisotopic (exact) mass is 382 g/mol. The molecule has 0 radical (unpaired) electrons. The van der Waals surface area contributed by atoms with Gasteiger partial charge in [0.1, 0.15) is 5.60 Å². The van der Waals surface area contributed by atoms with Crippen LogP contribution in [-0.4, -0.2) is 11.6 Å². The maximum Gasteiger partial charge on any atom is 0.338 e. The quantitative estimate of drug-likeness (QED) is 0.541. The van der Waals surface area contributed by atoms with Crippen molar-refractivity contribution in [2.75, 3.05) is 0 Å². The normalized spacial score (nSPS) is 11.3. The summed E-state index contributed by atoms with van der Waals surface area (Å²) < 4.78 is 7.23. The largest absolute Gasteiger partial charge is 0.456 e. The number of rotatable bonds is 1. The van der Waals surface area contributed by atoms with E-state index in [-0.39, 0.29) is 5.97 Å². The van der Waals surface area contributed by atoms with Crippen LogP contribution in [0.4, 0.5) is 0 Å². The first kappa shape index (κ1) is 13.0. The molecule has 0 aliphatic carbocycles. The molecule has 0 heterocycles. The van der Waals surface area contributed by atoms with E-state index < -0.39 is 5.60 Å². The lowest BCUT2D eigenvalue weighted by Gasteiger charge is -2.19. The molecule has 0 saturated carbocycles. The zero-order valence-electron chi connectivity index (χ0n) is 8.80. The third-order valence-corrected chi connectivity index (χ3v) is 3.89. The maximum atomic E-state index is 11.7. The standard InChI is InChI=1S/C11H12BrIO2/c1-11(2,3)15-10(14)7-4-5-9(13)8(12)6-7/h4-6H,1-3H3. The van der Waals surface area contributed by atoms with E-state index in [1.54, 1.807) is 12.1 Å². The molecule has 0 bridgehead atoms. The molecule has 1 rings (SSSR count). The van der Waals surface area contributed by atoms with Gasteiger partial charge in [0.25, 0.3) is 0 Å². The summed E-state index contributed by atoms with van der Waals surface area (Å²) in [5, 5.41) is 0. The Hall–Kier alpha value is -0.100. The van der Waals surface area contributed by atoms with Gasteiger partial charge in [-0.3, -0.25) is 0 Å². The first-order valence-corrected chi connectivity index (χ1v) is 6.35. The molecule has 15 heavy (non-hydrogen) atoms. The average Bonchev–Trinajstić information content (AvgIpc) is 2.06. The number of benzene rings is 1. The van der Waals surface area contributed by atoms with Crippen molar-refractivity contribution in [1.29, 1.82) is 0 Å². The fourth-order valence-corrected chi connectivity index (χ4v) is 1.67. The smallest absolute Gasteiger partial charge is 0.338 e. The highest BCUT2D eigenvalue weighted by atomic mass is 127. The molecule has 1 aromatic carbocycles. The van der Waals surface area contributed by atoms with Gasteiger partial charge in [0, 0.05) is 8.04 Å². The first-order chi connectivity index (χ1) is 6.79. The van der Waals surface area contributed by atoms with E-state index in [0.717, 1.165) is 8.04 Å². The minimum Gasteiger partial charge on any atom is -0.456 e. The topological polar surface area (TPSA) is 26.3 Å². The van der Waals surface area contributed by atoms with Crippen LogP contribution in [0, 0.1) is 3.57 Å². The molecule has 0 atom stereocenters. The molecule has 0 aliphatic heterocycles. The lowest BCUT2D eigenvalue weighted by molar-refractivity contribution is 0.00694. The van der Waals surface area contributed by atoms with Gasteiger partial charge in [-0.25, -0.2) is 4.79 Å². The fourth-order valence-electron chi connectivity index (χ4n) is 0.960. The molecule has 82 valence electrons. The van der Waals surface area contributed by atoms with E-state index in [4.69, 9.17) is 4.74 Å². The van der Waals surface area contributed by atoms with Crippen LogP contribution in [0.2, 0.25) is 0 Å². The van der Waals surface area contributed by atoms with Crippen molar-refractivity contribution in [3.63, 3.8) is 0 Å². The summed E-state index contributed by atoms with van der Waals surface area (Å²) in [7, 11) is 0. The van der Waals surface area contributed by atoms with Crippen LogP contribution in [0.15, 0.2) is 22.7 Å². The lowest BCUT2D eigenvalue weighted by Crippen LogP contribution is -2.23. The Bertz CT molecular complexity index is 383. The van der Waals surface area contributed by atoms with Gasteiger partial charge in [-0.1, -0.05) is 0 Å². The third-order valence-electron chi connectivity index (χ3n) is 1.55. The molecule has 2 nitrogen and oxygen atoms in total. The molecule has 0 fully saturated rings. The number of halogens is 2. The Morgan fingerprint density at radius 3 is 2.47 bits per heavy atom. The zero-order chi connectivity index (χ0) is 11.6. The Morgan fingerprint density at radius 2 is 2.00 bits per heavy atom. The Balaban J connectivity index is 2.88. The van der Waals surface area contributed by atoms with Gasteiger partial charge in [0.05, 0.1) is 5.56 Å². The van der Waals surface area contributed by atoms with Crippen molar-refractivity contribution in [3.8, 4) is 0 Å². The molecular formula is C11H12BrIO2. The summed E-state index contributed by atoms with van der Waals surface area (Å²) in [6.45, 7) is 5.56. The van der Waals surface area contributed by atoms with E-state index in [1.807, 2.05) is 26.8 Å². The molecule has 4 heteroatoms. The molecule has 0 aromatic heterocycles. The van der Waals surface area contributed by atoms with Crippen LogP contribution in [0.5, 0.6) is 0 Å². The van der Waals surface area contributed by atoms with Crippen molar-refractivity contribution in [1.82, 2.24) is 0 Å². The van der Waals surface area contributed by atoms with E-state index >= 15 is 0 Å². The summed E-state index contributed by atoms with van der Waals surface area (Å²) in [6, 6.07) is 5.42. The highest BCUT2D eigenvalue weighted by molar-refractivity contribution is 14.1. The summed E-state index contributed by atoms with van der Waals surface area (Å²) in [5.74, 6) is -0.292. The van der Waals surface area contributed by atoms with E-state index in [0.29, 0.717) is 5.56 Å². The van der Waals surface area contributed by atoms with Gasteiger partial charge in [-0.2, -0.15) is 0 Å². The van der Waals surface area contributed by atoms with Crippen molar-refractivity contribution in [2.24, 2.45) is 0 Å². The van der Waals surface area contributed by atoms with Crippen LogP contribution in [0.3, 0.4) is 0 Å². The second kappa shape index (κ2) is 4.82. The van der Waals surface area contributed by atoms with E-state index in [2.05, 4.69) is 38.5 Å². The minimum absolute atomic E-state index is 0.292. The van der Waals surface area contributed by atoms with Crippen LogP contribution in [-0.2, 0) is 4.74 Å². The highest BCUT2D eigenvalue weighted by Crippen LogP contribution is 2.21. The van der Waals surface area contributed by atoms with Crippen molar-refractivity contribution >= 4 is 44.5 Å². The van der Waals surface area contributed by atoms with Crippen molar-refractivity contribution < 1.29 is 9.53 Å². The predicted molar refractivity (Wildman–Crippen MR) is 72.0 cm³/mol. The summed E-state index contributed by atoms with van der Waals surface area (Å²) >= 11 is 5.57. The maximum absolute atomic E-state index is 11.7. The lowest BCUT2D eigenvalue weighted by atomic mass is 10.2. The first-order valence-electron chi connectivity index (χ1n) is 4.48. The average molecular weight is 383 g/mol. The molecular weight excluding hydrogens is 371 g/mol. The summed E-state index contributed by atoms with van der Waals surface area (Å²) in [6.07, 6.45) is 0. The molecule has 0 amide bonds. The number of ether oxygens (including phenoxy) is 1. The highest BCUT2D eigenvalue weighted by Gasteiger charge is 2.18. The van der Waals surface area contributed by atoms with Gasteiger partial charge >= 0.3 is 5.97 Å². The predicted octanol–water partition coefficient (Wildman–Crippen LogP) is 4.01. The summed E-state index contributed by atoms with van der Waals surface area (Å²) in [4.78, 5) is 11.7. The number of esters is 1. The zero-order valence-corrected chi connectivity index (χ0v) is 12.5. The number of hydrogen-bond acceptors (Lipinski definition) is 2. The van der Waals surface area contributed by atoms with E-state index in [9.17, 15) is 4.79 Å². The second-order valence-electron chi connectivity index (χ2n) is 4.13. The number of hydrogen-bond donors (Lipinski definition) is 0. The SMILES string of the molecule is CC(C)(C)OC(=O)c1ccc(I)c(Br)c1. The molecule has 0 spiro atoms. The van der Waals surface area contributed by atoms with Crippen LogP contribution in [0.1, 0.15) is 31.1 Å². The molecule has 1 aromatic rings. The fraction of sp³-hybridized carbons (Fsp3) is 0.364. The molecule has 0 N–H and O–H groups in total. The summed E-state index contributed by atoms with van der Waals surface area (Å²) in [5.41, 5.74) is 0.115. The second-order valence-corrected chi connectivity index (χ2v) is 6.15. The minimum atomic E-state index is -0.452. The van der Waals surface area contributed by atoms with Gasteiger partial charge < -0.3 is 4.74 Å². The Labute approximate surface area is 112 Å². The van der Waals surface area contributed by atoms with Crippen LogP contribution in [0.25, 0.3) is 0 Å². The molecule has 0 saturated heterocycles. The molecule has 0 unspecified atom stereocenters. The third kappa shape index (κ3) is 4.10. The van der Waals surface area contributed by atoms with Gasteiger partial charge in [-0.05, 0) is 77.5 Å². The van der Waals surface area contributed by atoms with Gasteiger partial charge in [0.2, 0.25) is 0 Å². The van der Waals surface area contributed by atoms with Crippen LogP contribution < -0.4 is 0 Å². The van der Waals surface area contributed by atoms with Crippen molar-refractivity contribution in [2.45, 2.75) is 26.4 Å². The van der Waals surface area contributed by atoms with Crippen LogP contribution >= 0.6 is 38.5 Å².